The molecular formula is C17H25N3S. The molecular weight excluding hydrogens is 278 g/mol. The van der Waals surface area contributed by atoms with Crippen molar-refractivity contribution in [3.05, 3.63) is 52.0 Å². The smallest absolute Gasteiger partial charge is 0.0544 e. The maximum absolute atomic E-state index is 4.60. The van der Waals surface area contributed by atoms with Gasteiger partial charge in [0.15, 0.2) is 0 Å². The van der Waals surface area contributed by atoms with Gasteiger partial charge in [0, 0.05) is 30.7 Å². The molecule has 2 rings (SSSR count). The third-order valence-electron chi connectivity index (χ3n) is 3.43. The molecule has 0 amide bonds. The SMILES string of the molecule is CCCNCc1ccc(CN(CC)Cc2cccs2)nc1. The minimum absolute atomic E-state index is 0.911. The van der Waals surface area contributed by atoms with Gasteiger partial charge in [-0.3, -0.25) is 9.88 Å². The Balaban J connectivity index is 1.86. The largest absolute Gasteiger partial charge is 0.313 e. The molecule has 0 unspecified atom stereocenters. The van der Waals surface area contributed by atoms with Gasteiger partial charge in [-0.2, -0.15) is 0 Å². The highest BCUT2D eigenvalue weighted by molar-refractivity contribution is 7.09. The molecule has 0 radical (unpaired) electrons. The fourth-order valence-electron chi connectivity index (χ4n) is 2.19. The van der Waals surface area contributed by atoms with Crippen LogP contribution in [-0.4, -0.2) is 23.0 Å². The van der Waals surface area contributed by atoms with Crippen LogP contribution in [0.15, 0.2) is 35.8 Å². The second-order valence-electron chi connectivity index (χ2n) is 5.22. The van der Waals surface area contributed by atoms with Gasteiger partial charge in [-0.05, 0) is 42.6 Å². The van der Waals surface area contributed by atoms with Crippen molar-refractivity contribution in [2.75, 3.05) is 13.1 Å². The first-order chi connectivity index (χ1) is 10.3. The average molecular weight is 303 g/mol. The summed E-state index contributed by atoms with van der Waals surface area (Å²) in [6.07, 6.45) is 3.16. The Morgan fingerprint density at radius 1 is 1.19 bits per heavy atom. The van der Waals surface area contributed by atoms with Gasteiger partial charge in [0.1, 0.15) is 0 Å². The molecule has 3 nitrogen and oxygen atoms in total. The Morgan fingerprint density at radius 3 is 2.71 bits per heavy atom. The molecule has 21 heavy (non-hydrogen) atoms. The van der Waals surface area contributed by atoms with Crippen LogP contribution in [0.3, 0.4) is 0 Å². The normalized spacial score (nSPS) is 11.2. The predicted molar refractivity (Wildman–Crippen MR) is 90.3 cm³/mol. The number of nitrogens with zero attached hydrogens (tertiary/aromatic N) is 2. The number of hydrogen-bond donors (Lipinski definition) is 1. The number of hydrogen-bond acceptors (Lipinski definition) is 4. The topological polar surface area (TPSA) is 28.2 Å². The van der Waals surface area contributed by atoms with Crippen LogP contribution in [0.5, 0.6) is 0 Å². The Labute approximate surface area is 132 Å². The lowest BCUT2D eigenvalue weighted by Crippen LogP contribution is -2.22. The van der Waals surface area contributed by atoms with E-state index in [0.29, 0.717) is 0 Å². The van der Waals surface area contributed by atoms with Crippen LogP contribution in [0.1, 0.15) is 36.4 Å². The van der Waals surface area contributed by atoms with E-state index in [-0.39, 0.29) is 0 Å². The molecule has 1 N–H and O–H groups in total. The van der Waals surface area contributed by atoms with Crippen LogP contribution in [0.2, 0.25) is 0 Å². The van der Waals surface area contributed by atoms with E-state index in [9.17, 15) is 0 Å². The van der Waals surface area contributed by atoms with Crippen molar-refractivity contribution in [2.45, 2.75) is 39.9 Å². The summed E-state index contributed by atoms with van der Waals surface area (Å²) in [4.78, 5) is 8.43. The number of pyridine rings is 1. The number of rotatable bonds is 9. The van der Waals surface area contributed by atoms with E-state index < -0.39 is 0 Å². The highest BCUT2D eigenvalue weighted by Crippen LogP contribution is 2.13. The van der Waals surface area contributed by atoms with Gasteiger partial charge in [0.2, 0.25) is 0 Å². The van der Waals surface area contributed by atoms with Crippen LogP contribution < -0.4 is 5.32 Å². The van der Waals surface area contributed by atoms with Crippen LogP contribution >= 0.6 is 11.3 Å². The predicted octanol–water partition coefficient (Wildman–Crippen LogP) is 3.66. The van der Waals surface area contributed by atoms with Gasteiger partial charge in [-0.25, -0.2) is 0 Å². The zero-order chi connectivity index (χ0) is 14.9. The van der Waals surface area contributed by atoms with Crippen LogP contribution in [0.25, 0.3) is 0 Å². The number of nitrogens with one attached hydrogen (secondary N) is 1. The molecule has 4 heteroatoms. The second kappa shape index (κ2) is 8.93. The van der Waals surface area contributed by atoms with Crippen molar-refractivity contribution in [3.63, 3.8) is 0 Å². The van der Waals surface area contributed by atoms with Gasteiger partial charge in [0.25, 0.3) is 0 Å². The standard InChI is InChI=1S/C17H25N3S/c1-3-9-18-11-15-7-8-16(19-12-15)13-20(4-2)14-17-6-5-10-21-17/h5-8,10,12,18H,3-4,9,11,13-14H2,1-2H3. The Hall–Kier alpha value is -1.23. The van der Waals surface area contributed by atoms with Crippen molar-refractivity contribution in [2.24, 2.45) is 0 Å². The van der Waals surface area contributed by atoms with Crippen molar-refractivity contribution in [1.29, 1.82) is 0 Å². The first-order valence-electron chi connectivity index (χ1n) is 7.71. The summed E-state index contributed by atoms with van der Waals surface area (Å²) < 4.78 is 0. The van der Waals surface area contributed by atoms with E-state index in [1.807, 2.05) is 17.5 Å². The van der Waals surface area contributed by atoms with Gasteiger partial charge >= 0.3 is 0 Å². The lowest BCUT2D eigenvalue weighted by Gasteiger charge is -2.19. The summed E-state index contributed by atoms with van der Waals surface area (Å²) in [5.41, 5.74) is 2.40. The molecule has 2 aromatic rings. The molecule has 2 aromatic heterocycles. The zero-order valence-corrected chi connectivity index (χ0v) is 13.8. The molecule has 0 atom stereocenters. The maximum atomic E-state index is 4.60. The monoisotopic (exact) mass is 303 g/mol. The van der Waals surface area contributed by atoms with E-state index in [1.54, 1.807) is 0 Å². The molecule has 0 saturated carbocycles. The zero-order valence-electron chi connectivity index (χ0n) is 13.0. The number of aromatic nitrogens is 1. The van der Waals surface area contributed by atoms with Crippen LogP contribution in [0, 0.1) is 0 Å². The van der Waals surface area contributed by atoms with E-state index >= 15 is 0 Å². The first kappa shape index (κ1) is 16.1. The molecule has 114 valence electrons. The van der Waals surface area contributed by atoms with Gasteiger partial charge in [-0.15, -0.1) is 11.3 Å². The highest BCUT2D eigenvalue weighted by atomic mass is 32.1. The van der Waals surface area contributed by atoms with Crippen LogP contribution in [0.4, 0.5) is 0 Å². The molecule has 2 heterocycles. The molecule has 0 spiro atoms. The fourth-order valence-corrected chi connectivity index (χ4v) is 2.94. The van der Waals surface area contributed by atoms with Gasteiger partial charge in [-0.1, -0.05) is 26.0 Å². The highest BCUT2D eigenvalue weighted by Gasteiger charge is 2.06. The maximum Gasteiger partial charge on any atom is 0.0544 e. The summed E-state index contributed by atoms with van der Waals surface area (Å²) >= 11 is 1.82. The summed E-state index contributed by atoms with van der Waals surface area (Å²) in [6.45, 7) is 9.32. The lowest BCUT2D eigenvalue weighted by molar-refractivity contribution is 0.270. The molecule has 0 aromatic carbocycles. The van der Waals surface area contributed by atoms with E-state index in [1.165, 1.54) is 16.9 Å². The number of thiophene rings is 1. The molecule has 0 fully saturated rings. The van der Waals surface area contributed by atoms with E-state index in [4.69, 9.17) is 0 Å². The molecule has 0 aliphatic carbocycles. The fraction of sp³-hybridized carbons (Fsp3) is 0.471. The lowest BCUT2D eigenvalue weighted by atomic mass is 10.2. The summed E-state index contributed by atoms with van der Waals surface area (Å²) in [7, 11) is 0. The average Bonchev–Trinajstić information content (AvgIpc) is 3.01. The van der Waals surface area contributed by atoms with E-state index in [0.717, 1.165) is 38.4 Å². The quantitative estimate of drug-likeness (QED) is 0.717. The minimum Gasteiger partial charge on any atom is -0.313 e. The van der Waals surface area contributed by atoms with Gasteiger partial charge in [0.05, 0.1) is 5.69 Å². The van der Waals surface area contributed by atoms with Gasteiger partial charge < -0.3 is 5.32 Å². The molecule has 0 aliphatic heterocycles. The van der Waals surface area contributed by atoms with Crippen molar-refractivity contribution < 1.29 is 0 Å². The molecule has 0 bridgehead atoms. The van der Waals surface area contributed by atoms with Crippen molar-refractivity contribution in [3.8, 4) is 0 Å². The van der Waals surface area contributed by atoms with E-state index in [2.05, 4.69) is 58.7 Å². The Bertz CT molecular complexity index is 493. The summed E-state index contributed by atoms with van der Waals surface area (Å²) in [5.74, 6) is 0. The van der Waals surface area contributed by atoms with Crippen molar-refractivity contribution >= 4 is 11.3 Å². The third-order valence-corrected chi connectivity index (χ3v) is 4.30. The van der Waals surface area contributed by atoms with Crippen LogP contribution in [-0.2, 0) is 19.6 Å². The first-order valence-corrected chi connectivity index (χ1v) is 8.59. The minimum atomic E-state index is 0.911. The summed E-state index contributed by atoms with van der Waals surface area (Å²) in [6, 6.07) is 8.65. The molecule has 0 aliphatic rings. The molecule has 0 saturated heterocycles. The van der Waals surface area contributed by atoms with Crippen molar-refractivity contribution in [1.82, 2.24) is 15.2 Å². The Kier molecular flexibility index (Phi) is 6.86. The summed E-state index contributed by atoms with van der Waals surface area (Å²) in [5, 5.41) is 5.54. The second-order valence-corrected chi connectivity index (χ2v) is 6.25. The Morgan fingerprint density at radius 2 is 2.10 bits per heavy atom. The third kappa shape index (κ3) is 5.58.